The molecular weight excluding hydrogens is 342 g/mol. The van der Waals surface area contributed by atoms with Crippen molar-refractivity contribution in [3.63, 3.8) is 0 Å². The van der Waals surface area contributed by atoms with Gasteiger partial charge in [0.2, 0.25) is 0 Å². The van der Waals surface area contributed by atoms with Crippen molar-refractivity contribution in [3.05, 3.63) is 42.6 Å². The van der Waals surface area contributed by atoms with Crippen LogP contribution in [0.5, 0.6) is 0 Å². The number of pyridine rings is 1. The topological polar surface area (TPSA) is 64.7 Å². The van der Waals surface area contributed by atoms with Gasteiger partial charge >= 0.3 is 0 Å². The van der Waals surface area contributed by atoms with Crippen LogP contribution in [0.3, 0.4) is 0 Å². The van der Waals surface area contributed by atoms with E-state index in [9.17, 15) is 4.79 Å². The van der Waals surface area contributed by atoms with Crippen LogP contribution in [0.1, 0.15) is 36.2 Å². The molecule has 0 aliphatic carbocycles. The molecule has 3 aromatic rings. The van der Waals surface area contributed by atoms with E-state index in [-0.39, 0.29) is 12.0 Å². The summed E-state index contributed by atoms with van der Waals surface area (Å²) >= 11 is 0. The van der Waals surface area contributed by atoms with E-state index in [2.05, 4.69) is 9.55 Å². The highest BCUT2D eigenvalue weighted by Crippen LogP contribution is 2.24. The van der Waals surface area contributed by atoms with E-state index in [1.165, 1.54) is 0 Å². The molecule has 1 unspecified atom stereocenters. The molecule has 2 aliphatic rings. The number of hydrogen-bond acceptors (Lipinski definition) is 4. The second kappa shape index (κ2) is 6.81. The lowest BCUT2D eigenvalue weighted by atomic mass is 10.2. The fraction of sp³-hybridized carbons (Fsp3) is 0.450. The Morgan fingerprint density at radius 3 is 2.93 bits per heavy atom. The van der Waals surface area contributed by atoms with E-state index in [1.807, 2.05) is 46.2 Å². The van der Waals surface area contributed by atoms with Crippen LogP contribution in [0, 0.1) is 0 Å². The summed E-state index contributed by atoms with van der Waals surface area (Å²) in [6.07, 6.45) is 10.4. The summed E-state index contributed by atoms with van der Waals surface area (Å²) in [5.74, 6) is 0.723. The molecule has 0 bridgehead atoms. The second-order valence-electron chi connectivity index (χ2n) is 7.33. The maximum Gasteiger partial charge on any atom is 0.274 e. The molecule has 0 spiro atoms. The van der Waals surface area contributed by atoms with Gasteiger partial charge in [0.15, 0.2) is 11.5 Å². The van der Waals surface area contributed by atoms with Gasteiger partial charge in [0.1, 0.15) is 5.69 Å². The van der Waals surface area contributed by atoms with Crippen molar-refractivity contribution >= 4 is 11.4 Å². The quantitative estimate of drug-likeness (QED) is 0.713. The fourth-order valence-corrected chi connectivity index (χ4v) is 4.04. The Balaban J connectivity index is 1.50. The van der Waals surface area contributed by atoms with Crippen LogP contribution in [-0.2, 0) is 11.3 Å². The third-order valence-electron chi connectivity index (χ3n) is 5.45. The Morgan fingerprint density at radius 2 is 2.11 bits per heavy atom. The Bertz CT molecular complexity index is 964. The van der Waals surface area contributed by atoms with Gasteiger partial charge in [0.05, 0.1) is 17.9 Å². The molecule has 0 saturated carbocycles. The summed E-state index contributed by atoms with van der Waals surface area (Å²) in [5.41, 5.74) is 2.12. The number of hydrogen-bond donors (Lipinski definition) is 0. The first-order chi connectivity index (χ1) is 13.3. The third kappa shape index (κ3) is 3.02. The lowest BCUT2D eigenvalue weighted by molar-refractivity contribution is 0.0789. The van der Waals surface area contributed by atoms with Crippen molar-refractivity contribution in [3.8, 4) is 11.5 Å². The molecular formula is C20H23N5O2. The van der Waals surface area contributed by atoms with Crippen molar-refractivity contribution in [2.75, 3.05) is 19.7 Å². The van der Waals surface area contributed by atoms with Gasteiger partial charge in [-0.25, -0.2) is 9.97 Å². The van der Waals surface area contributed by atoms with E-state index in [0.29, 0.717) is 11.5 Å². The predicted octanol–water partition coefficient (Wildman–Crippen LogP) is 2.61. The average Bonchev–Trinajstić information content (AvgIpc) is 3.47. The van der Waals surface area contributed by atoms with E-state index in [4.69, 9.17) is 9.72 Å². The third-order valence-corrected chi connectivity index (χ3v) is 5.45. The van der Waals surface area contributed by atoms with Crippen molar-refractivity contribution in [2.45, 2.75) is 38.3 Å². The summed E-state index contributed by atoms with van der Waals surface area (Å²) in [7, 11) is 0. The minimum absolute atomic E-state index is 0.0150. The number of likely N-dealkylation sites (tertiary alicyclic amines) is 1. The zero-order chi connectivity index (χ0) is 18.2. The molecule has 1 atom stereocenters. The maximum atomic E-state index is 12.9. The Kier molecular flexibility index (Phi) is 4.16. The molecule has 7 heteroatoms. The van der Waals surface area contributed by atoms with Crippen LogP contribution in [0.2, 0.25) is 0 Å². The molecule has 5 heterocycles. The summed E-state index contributed by atoms with van der Waals surface area (Å²) < 4.78 is 9.73. The summed E-state index contributed by atoms with van der Waals surface area (Å²) in [6.45, 7) is 3.28. The number of amides is 1. The van der Waals surface area contributed by atoms with Gasteiger partial charge in [-0.3, -0.25) is 9.20 Å². The molecule has 2 fully saturated rings. The molecule has 0 N–H and O–H groups in total. The minimum atomic E-state index is 0.0150. The zero-order valence-electron chi connectivity index (χ0n) is 15.3. The van der Waals surface area contributed by atoms with Gasteiger partial charge in [-0.2, -0.15) is 0 Å². The molecule has 5 rings (SSSR count). The molecule has 140 valence electrons. The Hall–Kier alpha value is -2.67. The van der Waals surface area contributed by atoms with Crippen LogP contribution in [0.15, 0.2) is 36.9 Å². The zero-order valence-corrected chi connectivity index (χ0v) is 15.3. The predicted molar refractivity (Wildman–Crippen MR) is 101 cm³/mol. The van der Waals surface area contributed by atoms with Gasteiger partial charge in [0, 0.05) is 38.6 Å². The van der Waals surface area contributed by atoms with Gasteiger partial charge < -0.3 is 14.2 Å². The van der Waals surface area contributed by atoms with E-state index in [1.54, 1.807) is 0 Å². The lowest BCUT2D eigenvalue weighted by Gasteiger charge is -2.13. The number of nitrogens with zero attached hydrogens (tertiary/aromatic N) is 5. The number of carbonyl (C=O) groups is 1. The molecule has 2 aliphatic heterocycles. The fourth-order valence-electron chi connectivity index (χ4n) is 4.04. The summed E-state index contributed by atoms with van der Waals surface area (Å²) in [6, 6.07) is 5.84. The van der Waals surface area contributed by atoms with Crippen LogP contribution in [-0.4, -0.2) is 55.5 Å². The van der Waals surface area contributed by atoms with E-state index >= 15 is 0 Å². The summed E-state index contributed by atoms with van der Waals surface area (Å²) in [4.78, 5) is 24.1. The molecule has 27 heavy (non-hydrogen) atoms. The van der Waals surface area contributed by atoms with Crippen LogP contribution >= 0.6 is 0 Å². The monoisotopic (exact) mass is 365 g/mol. The Labute approximate surface area is 157 Å². The second-order valence-corrected chi connectivity index (χ2v) is 7.33. The largest absolute Gasteiger partial charge is 0.376 e. The van der Waals surface area contributed by atoms with Crippen LogP contribution in [0.4, 0.5) is 0 Å². The summed E-state index contributed by atoms with van der Waals surface area (Å²) in [5, 5.41) is 0. The standard InChI is InChI=1S/C20H23N5O2/c26-20(24-8-3-4-9-24)18-17-7-1-2-10-25(17)19(22-18)16-13-23(14-21-16)12-15-6-5-11-27-15/h1-2,7,10,13-15H,3-6,8-9,11-12H2. The SMILES string of the molecule is O=C(c1nc(-c2cn(CC3CCCO3)cn2)n2ccccc12)N1CCCC1. The van der Waals surface area contributed by atoms with Gasteiger partial charge in [-0.05, 0) is 37.8 Å². The van der Waals surface area contributed by atoms with E-state index in [0.717, 1.165) is 63.1 Å². The van der Waals surface area contributed by atoms with Crippen molar-refractivity contribution in [1.29, 1.82) is 0 Å². The lowest BCUT2D eigenvalue weighted by Crippen LogP contribution is -2.28. The van der Waals surface area contributed by atoms with Crippen molar-refractivity contribution in [1.82, 2.24) is 23.8 Å². The van der Waals surface area contributed by atoms with Gasteiger partial charge in [-0.15, -0.1) is 0 Å². The first-order valence-electron chi connectivity index (χ1n) is 9.70. The Morgan fingerprint density at radius 1 is 1.22 bits per heavy atom. The molecule has 3 aromatic heterocycles. The first kappa shape index (κ1) is 16.5. The minimum Gasteiger partial charge on any atom is -0.376 e. The van der Waals surface area contributed by atoms with Gasteiger partial charge in [-0.1, -0.05) is 6.07 Å². The van der Waals surface area contributed by atoms with Crippen molar-refractivity contribution < 1.29 is 9.53 Å². The normalized spacial score (nSPS) is 20.0. The van der Waals surface area contributed by atoms with Crippen molar-refractivity contribution in [2.24, 2.45) is 0 Å². The highest BCUT2D eigenvalue weighted by atomic mass is 16.5. The molecule has 7 nitrogen and oxygen atoms in total. The van der Waals surface area contributed by atoms with E-state index < -0.39 is 0 Å². The molecule has 0 radical (unpaired) electrons. The number of aromatic nitrogens is 4. The van der Waals surface area contributed by atoms with Crippen LogP contribution < -0.4 is 0 Å². The highest BCUT2D eigenvalue weighted by molar-refractivity contribution is 6.00. The molecule has 0 aromatic carbocycles. The first-order valence-corrected chi connectivity index (χ1v) is 9.70. The maximum absolute atomic E-state index is 12.9. The number of ether oxygens (including phenoxy) is 1. The van der Waals surface area contributed by atoms with Gasteiger partial charge in [0.25, 0.3) is 5.91 Å². The van der Waals surface area contributed by atoms with Crippen LogP contribution in [0.25, 0.3) is 17.0 Å². The molecule has 2 saturated heterocycles. The number of carbonyl (C=O) groups excluding carboxylic acids is 1. The number of rotatable bonds is 4. The highest BCUT2D eigenvalue weighted by Gasteiger charge is 2.26. The average molecular weight is 365 g/mol. The molecule has 1 amide bonds. The number of imidazole rings is 2. The smallest absolute Gasteiger partial charge is 0.274 e. The number of fused-ring (bicyclic) bond motifs is 1.